The predicted molar refractivity (Wildman–Crippen MR) is 85.4 cm³/mol. The van der Waals surface area contributed by atoms with Gasteiger partial charge in [0.15, 0.2) is 4.96 Å². The second-order valence-corrected chi connectivity index (χ2v) is 5.99. The Balaban J connectivity index is 2.02. The van der Waals surface area contributed by atoms with E-state index in [1.165, 1.54) is 4.70 Å². The van der Waals surface area contributed by atoms with E-state index in [1.807, 2.05) is 40.8 Å². The standard InChI is InChI=1S/C15H10ClN3S/c16-10-7-5-9(6-8-10)13-14(17)19-11-3-1-2-4-12(11)20-15(19)18-13/h1-8H,17H2. The Bertz CT molecular complexity index is 922. The van der Waals surface area contributed by atoms with Gasteiger partial charge in [-0.15, -0.1) is 0 Å². The Hall–Kier alpha value is -2.04. The molecule has 5 heteroatoms. The predicted octanol–water partition coefficient (Wildman–Crippen LogP) is 4.45. The number of hydrogen-bond acceptors (Lipinski definition) is 3. The molecule has 2 heterocycles. The third-order valence-electron chi connectivity index (χ3n) is 3.31. The highest BCUT2D eigenvalue weighted by atomic mass is 35.5. The minimum atomic E-state index is 0.666. The Morgan fingerprint density at radius 1 is 1.05 bits per heavy atom. The second kappa shape index (κ2) is 4.23. The molecule has 0 aliphatic heterocycles. The molecule has 2 N–H and O–H groups in total. The number of nitrogens with two attached hydrogens (primary N) is 1. The summed E-state index contributed by atoms with van der Waals surface area (Å²) in [7, 11) is 0. The molecule has 0 saturated carbocycles. The van der Waals surface area contributed by atoms with Gasteiger partial charge in [-0.2, -0.15) is 0 Å². The van der Waals surface area contributed by atoms with E-state index in [1.54, 1.807) is 11.3 Å². The van der Waals surface area contributed by atoms with Gasteiger partial charge in [-0.25, -0.2) is 4.98 Å². The monoisotopic (exact) mass is 299 g/mol. The Morgan fingerprint density at radius 2 is 1.80 bits per heavy atom. The normalized spacial score (nSPS) is 11.4. The van der Waals surface area contributed by atoms with Crippen molar-refractivity contribution >= 4 is 43.9 Å². The molecule has 20 heavy (non-hydrogen) atoms. The molecule has 0 spiro atoms. The van der Waals surface area contributed by atoms with Gasteiger partial charge < -0.3 is 5.73 Å². The van der Waals surface area contributed by atoms with Gasteiger partial charge in [0.05, 0.1) is 10.2 Å². The maximum absolute atomic E-state index is 6.29. The molecule has 0 aliphatic rings. The summed E-state index contributed by atoms with van der Waals surface area (Å²) in [5.74, 6) is 0.666. The largest absolute Gasteiger partial charge is 0.383 e. The molecular formula is C15H10ClN3S. The summed E-state index contributed by atoms with van der Waals surface area (Å²) in [6.45, 7) is 0. The molecule has 0 unspecified atom stereocenters. The van der Waals surface area contributed by atoms with Crippen LogP contribution >= 0.6 is 22.9 Å². The van der Waals surface area contributed by atoms with Gasteiger partial charge in [-0.3, -0.25) is 4.40 Å². The quantitative estimate of drug-likeness (QED) is 0.564. The van der Waals surface area contributed by atoms with Crippen LogP contribution in [0.15, 0.2) is 48.5 Å². The molecule has 4 aromatic rings. The minimum Gasteiger partial charge on any atom is -0.383 e. The first-order valence-corrected chi connectivity index (χ1v) is 7.35. The molecule has 0 aliphatic carbocycles. The van der Waals surface area contributed by atoms with Crippen molar-refractivity contribution < 1.29 is 0 Å². The zero-order chi connectivity index (χ0) is 13.7. The topological polar surface area (TPSA) is 43.3 Å². The van der Waals surface area contributed by atoms with E-state index in [4.69, 9.17) is 17.3 Å². The van der Waals surface area contributed by atoms with Crippen molar-refractivity contribution in [3.63, 3.8) is 0 Å². The van der Waals surface area contributed by atoms with Crippen molar-refractivity contribution in [3.8, 4) is 11.3 Å². The first-order chi connectivity index (χ1) is 9.74. The van der Waals surface area contributed by atoms with Crippen LogP contribution in [0.4, 0.5) is 5.82 Å². The van der Waals surface area contributed by atoms with E-state index in [0.29, 0.717) is 10.8 Å². The van der Waals surface area contributed by atoms with Crippen molar-refractivity contribution in [2.75, 3.05) is 5.73 Å². The summed E-state index contributed by atoms with van der Waals surface area (Å²) in [5.41, 5.74) is 9.17. The van der Waals surface area contributed by atoms with Gasteiger partial charge in [0.1, 0.15) is 11.5 Å². The van der Waals surface area contributed by atoms with Crippen LogP contribution in [0.3, 0.4) is 0 Å². The van der Waals surface area contributed by atoms with Crippen molar-refractivity contribution in [1.29, 1.82) is 0 Å². The van der Waals surface area contributed by atoms with Gasteiger partial charge in [0, 0.05) is 10.6 Å². The lowest BCUT2D eigenvalue weighted by atomic mass is 10.1. The lowest BCUT2D eigenvalue weighted by molar-refractivity contribution is 1.30. The van der Waals surface area contributed by atoms with Crippen molar-refractivity contribution in [2.24, 2.45) is 0 Å². The summed E-state index contributed by atoms with van der Waals surface area (Å²) in [6.07, 6.45) is 0. The number of fused-ring (bicyclic) bond motifs is 3. The van der Waals surface area contributed by atoms with Gasteiger partial charge in [0.25, 0.3) is 0 Å². The zero-order valence-corrected chi connectivity index (χ0v) is 11.9. The summed E-state index contributed by atoms with van der Waals surface area (Å²) in [4.78, 5) is 5.57. The molecule has 0 atom stereocenters. The number of rotatable bonds is 1. The summed E-state index contributed by atoms with van der Waals surface area (Å²) >= 11 is 7.56. The molecule has 2 aromatic heterocycles. The summed E-state index contributed by atoms with van der Waals surface area (Å²) in [6, 6.07) is 15.7. The number of nitrogen functional groups attached to an aromatic ring is 1. The van der Waals surface area contributed by atoms with E-state index in [2.05, 4.69) is 17.1 Å². The van der Waals surface area contributed by atoms with Gasteiger partial charge in [-0.1, -0.05) is 47.2 Å². The van der Waals surface area contributed by atoms with Crippen molar-refractivity contribution in [3.05, 3.63) is 53.6 Å². The van der Waals surface area contributed by atoms with Crippen LogP contribution in [0, 0.1) is 0 Å². The highest BCUT2D eigenvalue weighted by molar-refractivity contribution is 7.23. The fourth-order valence-electron chi connectivity index (χ4n) is 2.36. The number of anilines is 1. The molecule has 0 fully saturated rings. The third-order valence-corrected chi connectivity index (χ3v) is 4.58. The molecule has 2 aromatic carbocycles. The highest BCUT2D eigenvalue weighted by Crippen LogP contribution is 2.34. The average Bonchev–Trinajstić information content (AvgIpc) is 2.97. The average molecular weight is 300 g/mol. The molecular weight excluding hydrogens is 290 g/mol. The van der Waals surface area contributed by atoms with Gasteiger partial charge in [-0.05, 0) is 24.3 Å². The number of aromatic nitrogens is 2. The number of thiazole rings is 1. The number of imidazole rings is 1. The van der Waals surface area contributed by atoms with Crippen LogP contribution in [0.5, 0.6) is 0 Å². The molecule has 0 radical (unpaired) electrons. The number of halogens is 1. The zero-order valence-electron chi connectivity index (χ0n) is 10.4. The Labute approximate surface area is 124 Å². The van der Waals surface area contributed by atoms with Crippen LogP contribution in [-0.2, 0) is 0 Å². The minimum absolute atomic E-state index is 0.666. The molecule has 0 bridgehead atoms. The maximum atomic E-state index is 6.29. The van der Waals surface area contributed by atoms with E-state index < -0.39 is 0 Å². The van der Waals surface area contributed by atoms with Gasteiger partial charge >= 0.3 is 0 Å². The van der Waals surface area contributed by atoms with Crippen LogP contribution < -0.4 is 5.73 Å². The molecule has 98 valence electrons. The lowest BCUT2D eigenvalue weighted by Gasteiger charge is -2.00. The Kier molecular flexibility index (Phi) is 2.49. The molecule has 4 rings (SSSR count). The summed E-state index contributed by atoms with van der Waals surface area (Å²) in [5, 5.41) is 0.707. The number of hydrogen-bond donors (Lipinski definition) is 1. The number of para-hydroxylation sites is 1. The summed E-state index contributed by atoms with van der Waals surface area (Å²) < 4.78 is 3.19. The van der Waals surface area contributed by atoms with E-state index in [-0.39, 0.29) is 0 Å². The fraction of sp³-hybridized carbons (Fsp3) is 0. The molecule has 0 saturated heterocycles. The van der Waals surface area contributed by atoms with Crippen molar-refractivity contribution in [1.82, 2.24) is 9.38 Å². The molecule has 0 amide bonds. The third kappa shape index (κ3) is 1.62. The van der Waals surface area contributed by atoms with E-state index in [0.717, 1.165) is 21.7 Å². The Morgan fingerprint density at radius 3 is 2.60 bits per heavy atom. The van der Waals surface area contributed by atoms with Crippen LogP contribution in [0.25, 0.3) is 26.4 Å². The smallest absolute Gasteiger partial charge is 0.196 e. The lowest BCUT2D eigenvalue weighted by Crippen LogP contribution is -1.93. The first kappa shape index (κ1) is 11.8. The number of benzene rings is 2. The molecule has 3 nitrogen and oxygen atoms in total. The SMILES string of the molecule is Nc1c(-c2ccc(Cl)cc2)nc2sc3ccccc3n12. The second-order valence-electron chi connectivity index (χ2n) is 4.54. The van der Waals surface area contributed by atoms with Gasteiger partial charge in [0.2, 0.25) is 0 Å². The van der Waals surface area contributed by atoms with Crippen LogP contribution in [-0.4, -0.2) is 9.38 Å². The maximum Gasteiger partial charge on any atom is 0.196 e. The van der Waals surface area contributed by atoms with E-state index >= 15 is 0 Å². The highest BCUT2D eigenvalue weighted by Gasteiger charge is 2.15. The van der Waals surface area contributed by atoms with Crippen LogP contribution in [0.2, 0.25) is 5.02 Å². The fourth-order valence-corrected chi connectivity index (χ4v) is 3.52. The number of nitrogens with zero attached hydrogens (tertiary/aromatic N) is 2. The van der Waals surface area contributed by atoms with Crippen LogP contribution in [0.1, 0.15) is 0 Å². The first-order valence-electron chi connectivity index (χ1n) is 6.15. The van der Waals surface area contributed by atoms with E-state index in [9.17, 15) is 0 Å². The van der Waals surface area contributed by atoms with Crippen molar-refractivity contribution in [2.45, 2.75) is 0 Å².